The number of rotatable bonds is 5. The summed E-state index contributed by atoms with van der Waals surface area (Å²) in [4.78, 5) is 25.6. The van der Waals surface area contributed by atoms with Crippen molar-refractivity contribution in [1.82, 2.24) is 9.21 Å². The molecule has 0 unspecified atom stereocenters. The highest BCUT2D eigenvalue weighted by Crippen LogP contribution is 2.19. The molecule has 2 aromatic carbocycles. The fourth-order valence-electron chi connectivity index (χ4n) is 3.04. The maximum atomic E-state index is 12.8. The van der Waals surface area contributed by atoms with Crippen molar-refractivity contribution >= 4 is 43.7 Å². The molecule has 8 heteroatoms. The van der Waals surface area contributed by atoms with E-state index >= 15 is 0 Å². The normalized spacial score (nSPS) is 15.6. The molecular formula is C21H21BrN2O4S. The number of amides is 1. The molecule has 1 heterocycles. The molecule has 0 aromatic heterocycles. The number of hydrogen-bond acceptors (Lipinski definition) is 4. The van der Waals surface area contributed by atoms with E-state index in [0.29, 0.717) is 18.7 Å². The van der Waals surface area contributed by atoms with E-state index in [-0.39, 0.29) is 29.7 Å². The van der Waals surface area contributed by atoms with Crippen LogP contribution < -0.4 is 0 Å². The predicted molar refractivity (Wildman–Crippen MR) is 115 cm³/mol. The number of hydrogen-bond donors (Lipinski definition) is 0. The van der Waals surface area contributed by atoms with Gasteiger partial charge in [-0.15, -0.1) is 0 Å². The van der Waals surface area contributed by atoms with Gasteiger partial charge in [0.1, 0.15) is 0 Å². The van der Waals surface area contributed by atoms with E-state index in [0.717, 1.165) is 10.0 Å². The first-order valence-corrected chi connectivity index (χ1v) is 11.3. The summed E-state index contributed by atoms with van der Waals surface area (Å²) in [5, 5.41) is 0. The van der Waals surface area contributed by atoms with Gasteiger partial charge in [0.25, 0.3) is 0 Å². The molecule has 29 heavy (non-hydrogen) atoms. The minimum atomic E-state index is -3.65. The Morgan fingerprint density at radius 3 is 2.24 bits per heavy atom. The van der Waals surface area contributed by atoms with Crippen LogP contribution in [0.5, 0.6) is 0 Å². The van der Waals surface area contributed by atoms with Gasteiger partial charge in [0.15, 0.2) is 5.78 Å². The summed E-state index contributed by atoms with van der Waals surface area (Å²) >= 11 is 3.39. The molecule has 2 aromatic rings. The van der Waals surface area contributed by atoms with Crippen LogP contribution >= 0.6 is 15.9 Å². The van der Waals surface area contributed by atoms with Crippen LogP contribution in [0, 0.1) is 0 Å². The van der Waals surface area contributed by atoms with Gasteiger partial charge in [0.05, 0.1) is 4.90 Å². The van der Waals surface area contributed by atoms with Crippen LogP contribution in [0.4, 0.5) is 0 Å². The first-order valence-electron chi connectivity index (χ1n) is 9.11. The Hall–Kier alpha value is -2.29. The van der Waals surface area contributed by atoms with Gasteiger partial charge in [-0.2, -0.15) is 4.31 Å². The maximum absolute atomic E-state index is 12.8. The largest absolute Gasteiger partial charge is 0.337 e. The van der Waals surface area contributed by atoms with E-state index in [1.54, 1.807) is 11.0 Å². The highest BCUT2D eigenvalue weighted by atomic mass is 79.9. The quantitative estimate of drug-likeness (QED) is 0.490. The lowest BCUT2D eigenvalue weighted by Crippen LogP contribution is -2.50. The van der Waals surface area contributed by atoms with Gasteiger partial charge in [-0.3, -0.25) is 9.59 Å². The van der Waals surface area contributed by atoms with Gasteiger partial charge < -0.3 is 4.90 Å². The van der Waals surface area contributed by atoms with Crippen LogP contribution in [0.25, 0.3) is 6.08 Å². The van der Waals surface area contributed by atoms with Crippen molar-refractivity contribution in [3.63, 3.8) is 0 Å². The van der Waals surface area contributed by atoms with Crippen molar-refractivity contribution in [3.05, 3.63) is 70.2 Å². The average Bonchev–Trinajstić information content (AvgIpc) is 2.72. The van der Waals surface area contributed by atoms with E-state index in [4.69, 9.17) is 0 Å². The second-order valence-corrected chi connectivity index (χ2v) is 9.55. The number of carbonyl (C=O) groups is 2. The Labute approximate surface area is 179 Å². The third-order valence-corrected chi connectivity index (χ3v) is 7.12. The number of nitrogens with zero attached hydrogens (tertiary/aromatic N) is 2. The van der Waals surface area contributed by atoms with Crippen molar-refractivity contribution in [2.75, 3.05) is 26.2 Å². The summed E-state index contributed by atoms with van der Waals surface area (Å²) in [7, 11) is -3.65. The number of benzene rings is 2. The highest BCUT2D eigenvalue weighted by molar-refractivity contribution is 9.10. The first-order chi connectivity index (χ1) is 13.8. The summed E-state index contributed by atoms with van der Waals surface area (Å²) in [6, 6.07) is 13.5. The fourth-order valence-corrected chi connectivity index (χ4v) is 4.88. The van der Waals surface area contributed by atoms with Crippen molar-refractivity contribution in [3.8, 4) is 0 Å². The van der Waals surface area contributed by atoms with Crippen molar-refractivity contribution < 1.29 is 18.0 Å². The lowest BCUT2D eigenvalue weighted by molar-refractivity contribution is -0.127. The molecule has 0 radical (unpaired) electrons. The first kappa shape index (κ1) is 21.4. The molecular weight excluding hydrogens is 456 g/mol. The molecule has 1 saturated heterocycles. The zero-order valence-corrected chi connectivity index (χ0v) is 18.3. The summed E-state index contributed by atoms with van der Waals surface area (Å²) in [5.41, 5.74) is 1.37. The Morgan fingerprint density at radius 2 is 1.66 bits per heavy atom. The molecule has 0 aliphatic carbocycles. The smallest absolute Gasteiger partial charge is 0.246 e. The third kappa shape index (κ3) is 5.20. The standard InChI is InChI=1S/C21H21BrN2O4S/c1-16(25)18-6-8-20(9-7-18)29(27,28)24-13-11-23(12-14-24)21(26)10-5-17-3-2-4-19(22)15-17/h2-10,15H,11-14H2,1H3. The molecule has 3 rings (SSSR count). The summed E-state index contributed by atoms with van der Waals surface area (Å²) in [5.74, 6) is -0.259. The second kappa shape index (κ2) is 9.02. The second-order valence-electron chi connectivity index (χ2n) is 6.70. The molecule has 1 aliphatic heterocycles. The Kier molecular flexibility index (Phi) is 6.66. The van der Waals surface area contributed by atoms with Crippen LogP contribution in [0.1, 0.15) is 22.8 Å². The van der Waals surface area contributed by atoms with Crippen molar-refractivity contribution in [2.24, 2.45) is 0 Å². The van der Waals surface area contributed by atoms with E-state index in [9.17, 15) is 18.0 Å². The molecule has 0 atom stereocenters. The van der Waals surface area contributed by atoms with Gasteiger partial charge in [0, 0.05) is 42.3 Å². The lowest BCUT2D eigenvalue weighted by atomic mass is 10.2. The molecule has 0 spiro atoms. The molecule has 1 aliphatic rings. The molecule has 6 nitrogen and oxygen atoms in total. The molecule has 1 fully saturated rings. The highest BCUT2D eigenvalue weighted by Gasteiger charge is 2.29. The fraction of sp³-hybridized carbons (Fsp3) is 0.238. The summed E-state index contributed by atoms with van der Waals surface area (Å²) < 4.78 is 27.9. The number of carbonyl (C=O) groups excluding carboxylic acids is 2. The molecule has 1 amide bonds. The van der Waals surface area contributed by atoms with Crippen molar-refractivity contribution in [1.29, 1.82) is 0 Å². The minimum absolute atomic E-state index is 0.114. The lowest BCUT2D eigenvalue weighted by Gasteiger charge is -2.33. The predicted octanol–water partition coefficient (Wildman–Crippen LogP) is 3.20. The van der Waals surface area contributed by atoms with Gasteiger partial charge >= 0.3 is 0 Å². The average molecular weight is 477 g/mol. The van der Waals surface area contributed by atoms with Crippen LogP contribution in [-0.2, 0) is 14.8 Å². The zero-order valence-electron chi connectivity index (χ0n) is 15.9. The van der Waals surface area contributed by atoms with Crippen molar-refractivity contribution in [2.45, 2.75) is 11.8 Å². The minimum Gasteiger partial charge on any atom is -0.337 e. The number of sulfonamides is 1. The number of halogens is 1. The topological polar surface area (TPSA) is 74.8 Å². The number of piperazine rings is 1. The zero-order chi connectivity index (χ0) is 21.0. The van der Waals surface area contributed by atoms with Gasteiger partial charge in [-0.05, 0) is 42.8 Å². The third-order valence-electron chi connectivity index (χ3n) is 4.72. The van der Waals surface area contributed by atoms with E-state index in [1.165, 1.54) is 41.6 Å². The van der Waals surface area contributed by atoms with Crippen LogP contribution in [0.2, 0.25) is 0 Å². The molecule has 0 N–H and O–H groups in total. The Bertz CT molecular complexity index is 1040. The molecule has 152 valence electrons. The maximum Gasteiger partial charge on any atom is 0.246 e. The van der Waals surface area contributed by atoms with Gasteiger partial charge in [-0.25, -0.2) is 8.42 Å². The summed E-state index contributed by atoms with van der Waals surface area (Å²) in [6.07, 6.45) is 3.25. The Balaban J connectivity index is 1.61. The van der Waals surface area contributed by atoms with E-state index in [1.807, 2.05) is 24.3 Å². The SMILES string of the molecule is CC(=O)c1ccc(S(=O)(=O)N2CCN(C(=O)C=Cc3cccc(Br)c3)CC2)cc1. The van der Waals surface area contributed by atoms with E-state index < -0.39 is 10.0 Å². The summed E-state index contributed by atoms with van der Waals surface area (Å²) in [6.45, 7) is 2.55. The number of ketones is 1. The monoisotopic (exact) mass is 476 g/mol. The van der Waals surface area contributed by atoms with Crippen LogP contribution in [-0.4, -0.2) is 55.5 Å². The molecule has 0 bridgehead atoms. The van der Waals surface area contributed by atoms with Crippen LogP contribution in [0.3, 0.4) is 0 Å². The van der Waals surface area contributed by atoms with Crippen LogP contribution in [0.15, 0.2) is 64.0 Å². The van der Waals surface area contributed by atoms with Gasteiger partial charge in [0.2, 0.25) is 15.9 Å². The van der Waals surface area contributed by atoms with Gasteiger partial charge in [-0.1, -0.05) is 40.2 Å². The Morgan fingerprint density at radius 1 is 1.00 bits per heavy atom. The van der Waals surface area contributed by atoms with E-state index in [2.05, 4.69) is 15.9 Å². The number of Topliss-reactive ketones (excluding diaryl/α,β-unsaturated/α-hetero) is 1. The molecule has 0 saturated carbocycles.